The van der Waals surface area contributed by atoms with Crippen molar-refractivity contribution >= 4 is 53.1 Å². The first-order valence-electron chi connectivity index (χ1n) is 16.4. The van der Waals surface area contributed by atoms with E-state index in [1.165, 1.54) is 30.4 Å². The Morgan fingerprint density at radius 2 is 1.66 bits per heavy atom. The topological polar surface area (TPSA) is 220 Å². The lowest BCUT2D eigenvalue weighted by Gasteiger charge is -2.37. The molecule has 0 bridgehead atoms. The maximum Gasteiger partial charge on any atom is 0.328 e. The third-order valence-corrected chi connectivity index (χ3v) is 11.9. The van der Waals surface area contributed by atoms with E-state index in [1.54, 1.807) is 26.0 Å². The summed E-state index contributed by atoms with van der Waals surface area (Å²) in [6, 6.07) is 5.66. The van der Waals surface area contributed by atoms with Crippen molar-refractivity contribution < 1.29 is 39.3 Å². The van der Waals surface area contributed by atoms with E-state index in [0.717, 1.165) is 27.8 Å². The van der Waals surface area contributed by atoms with Crippen LogP contribution in [0.4, 0.5) is 0 Å². The number of hydrogen-bond acceptors (Lipinski definition) is 10. The molecule has 5 atom stereocenters. The third-order valence-electron chi connectivity index (χ3n) is 9.24. The van der Waals surface area contributed by atoms with Crippen molar-refractivity contribution in [1.29, 1.82) is 0 Å². The first-order valence-corrected chi connectivity index (χ1v) is 18.6. The molecule has 2 aromatic carbocycles. The number of amides is 4. The van der Waals surface area contributed by atoms with Gasteiger partial charge in [0, 0.05) is 34.8 Å². The van der Waals surface area contributed by atoms with Crippen molar-refractivity contribution in [2.75, 3.05) is 17.3 Å². The monoisotopic (exact) mass is 729 g/mol. The highest BCUT2D eigenvalue weighted by molar-refractivity contribution is 8.03. The second-order valence-corrected chi connectivity index (χ2v) is 16.5. The Morgan fingerprint density at radius 1 is 1.06 bits per heavy atom. The zero-order chi connectivity index (χ0) is 37.0. The predicted octanol–water partition coefficient (Wildman–Crippen LogP) is 0.711. The minimum atomic E-state index is -1.61. The first-order chi connectivity index (χ1) is 23.4. The van der Waals surface area contributed by atoms with Gasteiger partial charge >= 0.3 is 5.97 Å². The van der Waals surface area contributed by atoms with Gasteiger partial charge in [0.2, 0.25) is 23.6 Å². The van der Waals surface area contributed by atoms with Crippen LogP contribution in [0.2, 0.25) is 0 Å². The van der Waals surface area contributed by atoms with Crippen LogP contribution >= 0.6 is 23.5 Å². The lowest BCUT2D eigenvalue weighted by molar-refractivity contribution is -0.145. The van der Waals surface area contributed by atoms with E-state index >= 15 is 0 Å². The summed E-state index contributed by atoms with van der Waals surface area (Å²) in [6.45, 7) is 8.42. The van der Waals surface area contributed by atoms with E-state index in [1.807, 2.05) is 38.1 Å². The number of carbonyl (C=O) groups is 5. The van der Waals surface area contributed by atoms with Crippen LogP contribution < -0.4 is 27.0 Å². The number of carboxylic acid groups (broad SMARTS) is 1. The molecule has 1 heterocycles. The molecule has 2 aromatic rings. The average molecular weight is 730 g/mol. The van der Waals surface area contributed by atoms with Crippen molar-refractivity contribution in [3.8, 4) is 5.75 Å². The van der Waals surface area contributed by atoms with E-state index in [4.69, 9.17) is 5.73 Å². The number of hydrogen-bond donors (Lipinski definition) is 8. The van der Waals surface area contributed by atoms with Crippen LogP contribution in [0.15, 0.2) is 36.4 Å². The van der Waals surface area contributed by atoms with Crippen LogP contribution in [0, 0.1) is 13.8 Å². The molecule has 9 N–H and O–H groups in total. The zero-order valence-corrected chi connectivity index (χ0v) is 30.5. The Bertz CT molecular complexity index is 1590. The molecule has 1 aliphatic heterocycles. The number of thioether (sulfide) groups is 2. The average Bonchev–Trinajstić information content (AvgIpc) is 3.41. The van der Waals surface area contributed by atoms with Crippen LogP contribution in [0.3, 0.4) is 0 Å². The highest BCUT2D eigenvalue weighted by Gasteiger charge is 2.49. The molecule has 1 fully saturated rings. The molecule has 0 aromatic heterocycles. The van der Waals surface area contributed by atoms with Gasteiger partial charge in [0.05, 0.1) is 12.1 Å². The summed E-state index contributed by atoms with van der Waals surface area (Å²) in [5, 5.41) is 40.5. The number of benzene rings is 2. The van der Waals surface area contributed by atoms with Crippen LogP contribution in [0.1, 0.15) is 48.6 Å². The number of carboxylic acids is 1. The number of nitrogens with one attached hydrogen (secondary N) is 4. The molecule has 1 saturated heterocycles. The summed E-state index contributed by atoms with van der Waals surface area (Å²) in [5.41, 5.74) is 8.86. The van der Waals surface area contributed by atoms with E-state index in [9.17, 15) is 39.3 Å². The van der Waals surface area contributed by atoms with Crippen molar-refractivity contribution in [2.24, 2.45) is 5.73 Å². The molecule has 0 radical (unpaired) electrons. The Labute approximate surface area is 300 Å². The molecule has 4 rings (SSSR count). The molecule has 1 aliphatic carbocycles. The van der Waals surface area contributed by atoms with Gasteiger partial charge in [-0.05, 0) is 81.0 Å². The molecular formula is C35H47N5O8S2. The lowest BCUT2D eigenvalue weighted by Crippen LogP contribution is -2.68. The van der Waals surface area contributed by atoms with Crippen molar-refractivity contribution in [2.45, 2.75) is 94.4 Å². The number of nitrogens with two attached hydrogens (primary N) is 1. The molecule has 15 heteroatoms. The maximum atomic E-state index is 14.4. The van der Waals surface area contributed by atoms with Gasteiger partial charge in [0.25, 0.3) is 0 Å². The fourth-order valence-electron chi connectivity index (χ4n) is 6.41. The standard InChI is InChI=1S/C35H47N5O8S2/c1-18-12-23(42)13-19(2)24(18)14-25(36)29(43)37-26-17-49-10-11-50-34(4,5)28(31(45)38-27(20(3)41)32(46)47)39-33(48)35(40-30(26)44)15-21-8-6-7-9-22(21)16-35/h6-9,12-13,20,25-28,41-42H,10-11,14-17,36H2,1-5H3,(H,37,43)(H,38,45)(H,39,48)(H,40,44)(H,46,47)/t20?,25-,26+,27-,28-/m0/s1. The van der Waals surface area contributed by atoms with Gasteiger partial charge in [-0.3, -0.25) is 19.2 Å². The van der Waals surface area contributed by atoms with Crippen LogP contribution in [0.5, 0.6) is 5.75 Å². The van der Waals surface area contributed by atoms with Gasteiger partial charge in [-0.2, -0.15) is 23.5 Å². The molecule has 50 heavy (non-hydrogen) atoms. The van der Waals surface area contributed by atoms with E-state index < -0.39 is 70.2 Å². The fourth-order valence-corrected chi connectivity index (χ4v) is 8.71. The second-order valence-electron chi connectivity index (χ2n) is 13.6. The molecule has 0 saturated carbocycles. The third kappa shape index (κ3) is 9.11. The largest absolute Gasteiger partial charge is 0.508 e. The Morgan fingerprint density at radius 3 is 2.22 bits per heavy atom. The number of aryl methyl sites for hydroxylation is 2. The van der Waals surface area contributed by atoms with Crippen molar-refractivity contribution in [3.05, 3.63) is 64.2 Å². The predicted molar refractivity (Wildman–Crippen MR) is 193 cm³/mol. The summed E-state index contributed by atoms with van der Waals surface area (Å²) in [5.74, 6) is -2.69. The molecule has 2 aliphatic rings. The normalized spacial score (nSPS) is 22.3. The van der Waals surface area contributed by atoms with E-state index in [0.29, 0.717) is 11.5 Å². The molecule has 272 valence electrons. The summed E-state index contributed by atoms with van der Waals surface area (Å²) >= 11 is 2.81. The van der Waals surface area contributed by atoms with Gasteiger partial charge in [0.1, 0.15) is 23.4 Å². The minimum absolute atomic E-state index is 0.112. The Kier molecular flexibility index (Phi) is 12.5. The van der Waals surface area contributed by atoms with Gasteiger partial charge in [-0.15, -0.1) is 0 Å². The number of fused-ring (bicyclic) bond motifs is 1. The number of aliphatic hydroxyl groups is 1. The van der Waals surface area contributed by atoms with Crippen LogP contribution in [-0.2, 0) is 43.2 Å². The SMILES string of the molecule is Cc1cc(O)cc(C)c1C[C@H](N)C(=O)N[C@@H]1CSCCSC(C)(C)[C@H](C(=O)N[C@H](C(=O)O)C(C)O)NC(=O)C2(Cc3ccccc3C2)NC1=O. The quantitative estimate of drug-likeness (QED) is 0.189. The number of phenols is 1. The second kappa shape index (κ2) is 16.0. The van der Waals surface area contributed by atoms with Crippen LogP contribution in [-0.4, -0.2) is 103 Å². The summed E-state index contributed by atoms with van der Waals surface area (Å²) in [6.07, 6.45) is -1.000. The highest BCUT2D eigenvalue weighted by atomic mass is 32.2. The minimum Gasteiger partial charge on any atom is -0.508 e. The Hall–Kier alpha value is -3.79. The molecule has 4 amide bonds. The first kappa shape index (κ1) is 39.0. The van der Waals surface area contributed by atoms with Crippen LogP contribution in [0.25, 0.3) is 0 Å². The van der Waals surface area contributed by atoms with E-state index in [2.05, 4.69) is 21.3 Å². The maximum absolute atomic E-state index is 14.4. The molecular weight excluding hydrogens is 683 g/mol. The summed E-state index contributed by atoms with van der Waals surface area (Å²) < 4.78 is -0.947. The number of carbonyl (C=O) groups excluding carboxylic acids is 4. The number of aromatic hydroxyl groups is 1. The summed E-state index contributed by atoms with van der Waals surface area (Å²) in [4.78, 5) is 67.5. The molecule has 13 nitrogen and oxygen atoms in total. The van der Waals surface area contributed by atoms with Gasteiger partial charge < -0.3 is 42.3 Å². The van der Waals surface area contributed by atoms with Crippen molar-refractivity contribution in [3.63, 3.8) is 0 Å². The number of aliphatic hydroxyl groups excluding tert-OH is 1. The van der Waals surface area contributed by atoms with Gasteiger partial charge in [0.15, 0.2) is 6.04 Å². The number of rotatable bonds is 8. The molecule has 1 unspecified atom stereocenters. The van der Waals surface area contributed by atoms with Gasteiger partial charge in [-0.25, -0.2) is 4.79 Å². The zero-order valence-electron chi connectivity index (χ0n) is 28.9. The highest BCUT2D eigenvalue weighted by Crippen LogP contribution is 2.34. The van der Waals surface area contributed by atoms with Crippen molar-refractivity contribution in [1.82, 2.24) is 21.3 Å². The lowest BCUT2D eigenvalue weighted by atomic mass is 9.91. The number of phenolic OH excluding ortho intramolecular Hbond substituents is 1. The Balaban J connectivity index is 1.64. The van der Waals surface area contributed by atoms with E-state index in [-0.39, 0.29) is 30.8 Å². The molecule has 1 spiro atoms. The smallest absolute Gasteiger partial charge is 0.328 e. The van der Waals surface area contributed by atoms with Gasteiger partial charge in [-0.1, -0.05) is 24.3 Å². The number of aliphatic carboxylic acids is 1. The fraction of sp³-hybridized carbons (Fsp3) is 0.514. The summed E-state index contributed by atoms with van der Waals surface area (Å²) in [7, 11) is 0.